The number of aliphatic hydroxyl groups excluding tert-OH is 1. The van der Waals surface area contributed by atoms with E-state index in [-0.39, 0.29) is 43.8 Å². The highest BCUT2D eigenvalue weighted by molar-refractivity contribution is 5.71. The van der Waals surface area contributed by atoms with Crippen LogP contribution >= 0.6 is 0 Å². The minimum absolute atomic E-state index is 0.116. The Labute approximate surface area is 236 Å². The van der Waals surface area contributed by atoms with E-state index in [4.69, 9.17) is 14.2 Å². The van der Waals surface area contributed by atoms with Gasteiger partial charge in [0.05, 0.1) is 25.7 Å². The smallest absolute Gasteiger partial charge is 0.319 e. The van der Waals surface area contributed by atoms with E-state index in [2.05, 4.69) is 9.80 Å². The molecule has 0 amide bonds. The number of carbonyl (C=O) groups excluding carboxylic acids is 3. The minimum atomic E-state index is -0.760. The molecule has 0 aromatic carbocycles. The molecule has 2 rings (SSSR count). The van der Waals surface area contributed by atoms with Crippen LogP contribution in [0, 0.1) is 5.92 Å². The van der Waals surface area contributed by atoms with Gasteiger partial charge in [0.15, 0.2) is 0 Å². The normalized spacial score (nSPS) is 21.1. The van der Waals surface area contributed by atoms with Crippen LogP contribution < -0.4 is 0 Å². The molecule has 2 heterocycles. The monoisotopic (exact) mass is 573 g/mol. The summed E-state index contributed by atoms with van der Waals surface area (Å²) in [5.41, 5.74) is 0. The van der Waals surface area contributed by atoms with Crippen molar-refractivity contribution in [2.24, 2.45) is 5.92 Å². The number of aliphatic hydroxyl groups is 1. The molecule has 230 valence electrons. The zero-order valence-corrected chi connectivity index (χ0v) is 24.2. The van der Waals surface area contributed by atoms with Gasteiger partial charge in [-0.25, -0.2) is 0 Å². The van der Waals surface area contributed by atoms with Gasteiger partial charge in [0.25, 0.3) is 0 Å². The van der Waals surface area contributed by atoms with E-state index in [1.807, 2.05) is 14.7 Å². The van der Waals surface area contributed by atoms with Crippen molar-refractivity contribution in [1.82, 2.24) is 24.5 Å². The van der Waals surface area contributed by atoms with E-state index in [0.717, 1.165) is 0 Å². The molecule has 2 fully saturated rings. The number of hydrogen-bond acceptors (Lipinski definition) is 13. The van der Waals surface area contributed by atoms with Crippen LogP contribution in [0.2, 0.25) is 0 Å². The zero-order valence-electron chi connectivity index (χ0n) is 24.2. The number of piperidine rings is 1. The molecule has 2 saturated heterocycles. The Morgan fingerprint density at radius 3 is 1.50 bits per heavy atom. The second kappa shape index (κ2) is 18.1. The number of esters is 3. The molecule has 1 atom stereocenters. The van der Waals surface area contributed by atoms with Crippen LogP contribution in [0.1, 0.15) is 26.7 Å². The van der Waals surface area contributed by atoms with Gasteiger partial charge in [-0.3, -0.25) is 38.8 Å². The fraction of sp³-hybridized carbons (Fsp3) is 0.846. The highest BCUT2D eigenvalue weighted by Gasteiger charge is 2.26. The first kappa shape index (κ1) is 33.8. The predicted octanol–water partition coefficient (Wildman–Crippen LogP) is -1.42. The number of hydrogen-bond donors (Lipinski definition) is 2. The van der Waals surface area contributed by atoms with Crippen molar-refractivity contribution < 1.29 is 43.6 Å². The maximum Gasteiger partial charge on any atom is 0.319 e. The molecule has 2 aliphatic rings. The SMILES string of the molecule is COC(=O)CN1CCN(COC(C)=O)CCN(COC(C)=O)CCN(CC(O)CN2CCC(C(=O)O)CC2)CC1. The maximum absolute atomic E-state index is 12.1. The van der Waals surface area contributed by atoms with E-state index >= 15 is 0 Å². The lowest BCUT2D eigenvalue weighted by Gasteiger charge is -2.35. The van der Waals surface area contributed by atoms with Crippen LogP contribution in [0.25, 0.3) is 0 Å². The van der Waals surface area contributed by atoms with Crippen molar-refractivity contribution in [2.45, 2.75) is 32.8 Å². The molecule has 0 aromatic heterocycles. The van der Waals surface area contributed by atoms with Crippen LogP contribution in [-0.4, -0.2) is 170 Å². The Balaban J connectivity index is 2.06. The summed E-state index contributed by atoms with van der Waals surface area (Å²) in [4.78, 5) is 56.4. The second-order valence-corrected chi connectivity index (χ2v) is 10.5. The second-order valence-electron chi connectivity index (χ2n) is 10.5. The molecule has 14 nitrogen and oxygen atoms in total. The summed E-state index contributed by atoms with van der Waals surface area (Å²) < 4.78 is 15.4. The highest BCUT2D eigenvalue weighted by atomic mass is 16.5. The third-order valence-electron chi connectivity index (χ3n) is 7.29. The molecule has 0 radical (unpaired) electrons. The quantitative estimate of drug-likeness (QED) is 0.220. The van der Waals surface area contributed by atoms with Crippen molar-refractivity contribution in [3.05, 3.63) is 0 Å². The highest BCUT2D eigenvalue weighted by Crippen LogP contribution is 2.17. The number of carboxylic acid groups (broad SMARTS) is 1. The van der Waals surface area contributed by atoms with Gasteiger partial charge in [-0.15, -0.1) is 0 Å². The van der Waals surface area contributed by atoms with Gasteiger partial charge in [-0.05, 0) is 25.9 Å². The molecular formula is C26H47N5O9. The van der Waals surface area contributed by atoms with Crippen molar-refractivity contribution in [2.75, 3.05) is 106 Å². The lowest BCUT2D eigenvalue weighted by atomic mass is 9.97. The van der Waals surface area contributed by atoms with Crippen molar-refractivity contribution in [3.63, 3.8) is 0 Å². The number of aliphatic carboxylic acids is 1. The topological polar surface area (TPSA) is 153 Å². The minimum Gasteiger partial charge on any atom is -0.481 e. The summed E-state index contributed by atoms with van der Waals surface area (Å²) in [6.45, 7) is 9.71. The first-order valence-corrected chi connectivity index (χ1v) is 13.9. The van der Waals surface area contributed by atoms with Gasteiger partial charge >= 0.3 is 23.9 Å². The van der Waals surface area contributed by atoms with E-state index < -0.39 is 12.1 Å². The number of methoxy groups -OCH3 is 1. The third-order valence-corrected chi connectivity index (χ3v) is 7.29. The van der Waals surface area contributed by atoms with Crippen molar-refractivity contribution in [1.29, 1.82) is 0 Å². The largest absolute Gasteiger partial charge is 0.481 e. The van der Waals surface area contributed by atoms with Crippen LogP contribution in [-0.2, 0) is 33.4 Å². The lowest BCUT2D eigenvalue weighted by molar-refractivity contribution is -0.148. The van der Waals surface area contributed by atoms with Crippen LogP contribution in [0.5, 0.6) is 0 Å². The van der Waals surface area contributed by atoms with Crippen molar-refractivity contribution >= 4 is 23.9 Å². The first-order valence-electron chi connectivity index (χ1n) is 13.9. The summed E-state index contributed by atoms with van der Waals surface area (Å²) >= 11 is 0. The van der Waals surface area contributed by atoms with Gasteiger partial charge in [0, 0.05) is 79.3 Å². The molecule has 1 unspecified atom stereocenters. The van der Waals surface area contributed by atoms with Crippen LogP contribution in [0.4, 0.5) is 0 Å². The Morgan fingerprint density at radius 1 is 0.700 bits per heavy atom. The average Bonchev–Trinajstić information content (AvgIpc) is 2.90. The fourth-order valence-corrected chi connectivity index (χ4v) is 4.81. The molecule has 0 saturated carbocycles. The molecular weight excluding hydrogens is 526 g/mol. The molecule has 0 bridgehead atoms. The molecule has 2 N–H and O–H groups in total. The molecule has 40 heavy (non-hydrogen) atoms. The van der Waals surface area contributed by atoms with Crippen LogP contribution in [0.15, 0.2) is 0 Å². The van der Waals surface area contributed by atoms with E-state index in [1.54, 1.807) is 0 Å². The Hall–Kier alpha value is -2.36. The Bertz CT molecular complexity index is 809. The third kappa shape index (κ3) is 13.8. The number of nitrogens with zero attached hydrogens (tertiary/aromatic N) is 5. The maximum atomic E-state index is 12.1. The molecule has 0 spiro atoms. The summed E-state index contributed by atoms with van der Waals surface area (Å²) in [7, 11) is 1.35. The van der Waals surface area contributed by atoms with Crippen LogP contribution in [0.3, 0.4) is 0 Å². The Kier molecular flexibility index (Phi) is 15.4. The van der Waals surface area contributed by atoms with Gasteiger partial charge in [0.1, 0.15) is 13.5 Å². The average molecular weight is 574 g/mol. The number of carbonyl (C=O) groups is 4. The zero-order chi connectivity index (χ0) is 29.5. The lowest BCUT2D eigenvalue weighted by Crippen LogP contribution is -2.50. The van der Waals surface area contributed by atoms with E-state index in [0.29, 0.717) is 91.4 Å². The predicted molar refractivity (Wildman–Crippen MR) is 144 cm³/mol. The van der Waals surface area contributed by atoms with Crippen molar-refractivity contribution in [3.8, 4) is 0 Å². The van der Waals surface area contributed by atoms with E-state index in [9.17, 15) is 29.4 Å². The first-order chi connectivity index (χ1) is 19.0. The summed E-state index contributed by atoms with van der Waals surface area (Å²) in [5.74, 6) is -2.18. The summed E-state index contributed by atoms with van der Waals surface area (Å²) in [6.07, 6.45) is 0.520. The molecule has 0 aromatic rings. The number of rotatable bonds is 11. The summed E-state index contributed by atoms with van der Waals surface area (Å²) in [5, 5.41) is 20.2. The number of ether oxygens (including phenoxy) is 3. The standard InChI is InChI=1S/C26H47N5O9/c1-21(32)39-19-30-12-10-28(17-24(34)16-27-6-4-23(5-7-27)26(36)37)8-9-29(18-25(35)38-3)11-13-31(15-14-30)20-40-22(2)33/h23-24,34H,4-20H2,1-3H3,(H,36,37). The number of likely N-dealkylation sites (tertiary alicyclic amines) is 1. The number of carboxylic acids is 1. The number of β-amino-alcohol motifs (C(OH)–C–C–N with tert-alkyl or cyclic N) is 1. The van der Waals surface area contributed by atoms with Gasteiger partial charge in [-0.1, -0.05) is 0 Å². The fourth-order valence-electron chi connectivity index (χ4n) is 4.81. The van der Waals surface area contributed by atoms with Gasteiger partial charge in [-0.2, -0.15) is 0 Å². The van der Waals surface area contributed by atoms with E-state index in [1.165, 1.54) is 21.0 Å². The Morgan fingerprint density at radius 2 is 1.10 bits per heavy atom. The summed E-state index contributed by atoms with van der Waals surface area (Å²) in [6, 6.07) is 0. The van der Waals surface area contributed by atoms with Gasteiger partial charge in [0.2, 0.25) is 0 Å². The molecule has 0 aliphatic carbocycles. The van der Waals surface area contributed by atoms with Gasteiger partial charge < -0.3 is 29.3 Å². The molecule has 14 heteroatoms. The molecule has 2 aliphatic heterocycles.